The first kappa shape index (κ1) is 12.0. The van der Waals surface area contributed by atoms with Gasteiger partial charge in [0, 0.05) is 28.8 Å². The van der Waals surface area contributed by atoms with E-state index >= 15 is 0 Å². The first-order valence-corrected chi connectivity index (χ1v) is 7.94. The van der Waals surface area contributed by atoms with Gasteiger partial charge in [0.1, 0.15) is 5.82 Å². The van der Waals surface area contributed by atoms with Gasteiger partial charge in [-0.1, -0.05) is 17.8 Å². The number of nitrogens with two attached hydrogens (primary N) is 1. The molecule has 1 fully saturated rings. The number of aromatic nitrogens is 2. The number of hydrogen-bond donors (Lipinski definition) is 1. The fraction of sp³-hybridized carbons (Fsp3) is 0.385. The molecular weight excluding hydrogens is 262 g/mol. The molecule has 0 unspecified atom stereocenters. The Balaban J connectivity index is 1.67. The summed E-state index contributed by atoms with van der Waals surface area (Å²) in [6.07, 6.45) is 5.42. The minimum atomic E-state index is 0.622. The van der Waals surface area contributed by atoms with Gasteiger partial charge in [0.15, 0.2) is 5.16 Å². The molecule has 3 nitrogen and oxygen atoms in total. The van der Waals surface area contributed by atoms with Crippen molar-refractivity contribution >= 4 is 28.9 Å². The molecule has 1 saturated carbocycles. The van der Waals surface area contributed by atoms with Crippen LogP contribution >= 0.6 is 23.1 Å². The van der Waals surface area contributed by atoms with Gasteiger partial charge in [-0.2, -0.15) is 0 Å². The highest BCUT2D eigenvalue weighted by Gasteiger charge is 2.21. The van der Waals surface area contributed by atoms with E-state index in [2.05, 4.69) is 27.5 Å². The third-order valence-corrected chi connectivity index (χ3v) is 4.94. The number of thioether (sulfide) groups is 1. The van der Waals surface area contributed by atoms with Crippen molar-refractivity contribution < 1.29 is 0 Å². The van der Waals surface area contributed by atoms with E-state index in [1.807, 2.05) is 6.20 Å². The molecule has 0 bridgehead atoms. The Hall–Kier alpha value is -1.07. The fourth-order valence-corrected chi connectivity index (χ4v) is 3.42. The molecule has 0 saturated heterocycles. The molecule has 3 rings (SSSR count). The molecule has 5 heteroatoms. The minimum absolute atomic E-state index is 0.622. The van der Waals surface area contributed by atoms with Crippen LogP contribution in [0.25, 0.3) is 0 Å². The van der Waals surface area contributed by atoms with E-state index in [9.17, 15) is 0 Å². The van der Waals surface area contributed by atoms with E-state index in [4.69, 9.17) is 5.73 Å². The summed E-state index contributed by atoms with van der Waals surface area (Å²) in [7, 11) is 0. The maximum atomic E-state index is 6.00. The molecule has 18 heavy (non-hydrogen) atoms. The smallest absolute Gasteiger partial charge is 0.189 e. The molecule has 2 aromatic heterocycles. The molecule has 1 aliphatic carbocycles. The monoisotopic (exact) mass is 277 g/mol. The molecule has 2 aromatic rings. The molecule has 2 heterocycles. The standard InChI is InChI=1S/C13H15N3S2/c14-12-10(6-11-2-1-5-17-11)7-15-13(16-12)18-8-9-3-4-9/h1-2,5,7,9H,3-4,6,8H2,(H2,14,15,16). The molecule has 0 atom stereocenters. The first-order valence-electron chi connectivity index (χ1n) is 6.08. The predicted octanol–water partition coefficient (Wildman–Crippen LogP) is 3.21. The SMILES string of the molecule is Nc1nc(SCC2CC2)ncc1Cc1cccs1. The molecular formula is C13H15N3S2. The summed E-state index contributed by atoms with van der Waals surface area (Å²) < 4.78 is 0. The molecule has 94 valence electrons. The Bertz CT molecular complexity index is 521. The Labute approximate surface area is 115 Å². The van der Waals surface area contributed by atoms with Crippen LogP contribution in [0.1, 0.15) is 23.3 Å². The number of hydrogen-bond acceptors (Lipinski definition) is 5. The Morgan fingerprint density at radius 2 is 2.33 bits per heavy atom. The van der Waals surface area contributed by atoms with Gasteiger partial charge in [-0.3, -0.25) is 0 Å². The molecule has 0 aromatic carbocycles. The van der Waals surface area contributed by atoms with E-state index in [0.717, 1.165) is 28.8 Å². The van der Waals surface area contributed by atoms with E-state index in [1.165, 1.54) is 17.7 Å². The lowest BCUT2D eigenvalue weighted by Gasteiger charge is -2.05. The highest BCUT2D eigenvalue weighted by Crippen LogP contribution is 2.34. The van der Waals surface area contributed by atoms with Gasteiger partial charge in [-0.05, 0) is 30.2 Å². The van der Waals surface area contributed by atoms with Gasteiger partial charge >= 0.3 is 0 Å². The van der Waals surface area contributed by atoms with Gasteiger partial charge in [-0.25, -0.2) is 9.97 Å². The van der Waals surface area contributed by atoms with Gasteiger partial charge in [0.05, 0.1) is 0 Å². The van der Waals surface area contributed by atoms with E-state index in [0.29, 0.717) is 5.82 Å². The zero-order valence-electron chi connectivity index (χ0n) is 10.0. The minimum Gasteiger partial charge on any atom is -0.383 e. The lowest BCUT2D eigenvalue weighted by Crippen LogP contribution is -2.01. The predicted molar refractivity (Wildman–Crippen MR) is 77.0 cm³/mol. The summed E-state index contributed by atoms with van der Waals surface area (Å²) in [6.45, 7) is 0. The second-order valence-electron chi connectivity index (χ2n) is 4.57. The van der Waals surface area contributed by atoms with E-state index in [-0.39, 0.29) is 0 Å². The topological polar surface area (TPSA) is 51.8 Å². The molecule has 0 amide bonds. The quantitative estimate of drug-likeness (QED) is 0.673. The van der Waals surface area contributed by atoms with E-state index < -0.39 is 0 Å². The molecule has 1 aliphatic rings. The van der Waals surface area contributed by atoms with Crippen molar-refractivity contribution in [3.63, 3.8) is 0 Å². The second kappa shape index (κ2) is 5.28. The zero-order chi connectivity index (χ0) is 12.4. The number of nitrogens with zero attached hydrogens (tertiary/aromatic N) is 2. The van der Waals surface area contributed by atoms with Gasteiger partial charge in [0.2, 0.25) is 0 Å². The van der Waals surface area contributed by atoms with Crippen molar-refractivity contribution in [2.24, 2.45) is 5.92 Å². The summed E-state index contributed by atoms with van der Waals surface area (Å²) >= 11 is 3.46. The fourth-order valence-electron chi connectivity index (χ4n) is 1.69. The van der Waals surface area contributed by atoms with Crippen LogP contribution < -0.4 is 5.73 Å². The normalized spacial score (nSPS) is 14.9. The average Bonchev–Trinajstić information content (AvgIpc) is 3.06. The van der Waals surface area contributed by atoms with Crippen molar-refractivity contribution in [1.29, 1.82) is 0 Å². The third kappa shape index (κ3) is 3.03. The highest BCUT2D eigenvalue weighted by atomic mass is 32.2. The maximum Gasteiger partial charge on any atom is 0.189 e. The number of nitrogen functional groups attached to an aromatic ring is 1. The van der Waals surface area contributed by atoms with Crippen molar-refractivity contribution in [2.45, 2.75) is 24.4 Å². The largest absolute Gasteiger partial charge is 0.383 e. The van der Waals surface area contributed by atoms with Crippen molar-refractivity contribution in [3.8, 4) is 0 Å². The van der Waals surface area contributed by atoms with Crippen LogP contribution in [0.5, 0.6) is 0 Å². The average molecular weight is 277 g/mol. The lowest BCUT2D eigenvalue weighted by atomic mass is 10.2. The molecule has 0 radical (unpaired) electrons. The van der Waals surface area contributed by atoms with Crippen LogP contribution in [0.15, 0.2) is 28.9 Å². The Morgan fingerprint density at radius 1 is 1.44 bits per heavy atom. The lowest BCUT2D eigenvalue weighted by molar-refractivity contribution is 0.932. The van der Waals surface area contributed by atoms with Crippen molar-refractivity contribution in [3.05, 3.63) is 34.2 Å². The van der Waals surface area contributed by atoms with Gasteiger partial charge < -0.3 is 5.73 Å². The van der Waals surface area contributed by atoms with E-state index in [1.54, 1.807) is 23.1 Å². The van der Waals surface area contributed by atoms with Crippen LogP contribution in [-0.4, -0.2) is 15.7 Å². The molecule has 0 aliphatic heterocycles. The summed E-state index contributed by atoms with van der Waals surface area (Å²) in [6, 6.07) is 4.16. The van der Waals surface area contributed by atoms with Gasteiger partial charge in [-0.15, -0.1) is 11.3 Å². The Morgan fingerprint density at radius 3 is 3.00 bits per heavy atom. The second-order valence-corrected chi connectivity index (χ2v) is 6.59. The van der Waals surface area contributed by atoms with Crippen LogP contribution in [-0.2, 0) is 6.42 Å². The zero-order valence-corrected chi connectivity index (χ0v) is 11.6. The van der Waals surface area contributed by atoms with Crippen LogP contribution in [0.2, 0.25) is 0 Å². The van der Waals surface area contributed by atoms with Crippen molar-refractivity contribution in [1.82, 2.24) is 9.97 Å². The summed E-state index contributed by atoms with van der Waals surface area (Å²) in [5.74, 6) is 2.63. The van der Waals surface area contributed by atoms with Crippen molar-refractivity contribution in [2.75, 3.05) is 11.5 Å². The van der Waals surface area contributed by atoms with Crippen LogP contribution in [0.4, 0.5) is 5.82 Å². The maximum absolute atomic E-state index is 6.00. The summed E-state index contributed by atoms with van der Waals surface area (Å²) in [4.78, 5) is 10.1. The summed E-state index contributed by atoms with van der Waals surface area (Å²) in [5.41, 5.74) is 7.02. The molecule has 0 spiro atoms. The number of anilines is 1. The first-order chi connectivity index (χ1) is 8.81. The van der Waals surface area contributed by atoms with Crippen LogP contribution in [0.3, 0.4) is 0 Å². The number of rotatable bonds is 5. The third-order valence-electron chi connectivity index (χ3n) is 2.97. The summed E-state index contributed by atoms with van der Waals surface area (Å²) in [5, 5.41) is 2.89. The highest BCUT2D eigenvalue weighted by molar-refractivity contribution is 7.99. The van der Waals surface area contributed by atoms with Crippen LogP contribution in [0, 0.1) is 5.92 Å². The Kier molecular flexibility index (Phi) is 3.52. The number of thiophene rings is 1. The molecule has 2 N–H and O–H groups in total. The van der Waals surface area contributed by atoms with Gasteiger partial charge in [0.25, 0.3) is 0 Å².